The topological polar surface area (TPSA) is 98.7 Å². The van der Waals surface area contributed by atoms with Crippen LogP contribution in [0.2, 0.25) is 0 Å². The van der Waals surface area contributed by atoms with Gasteiger partial charge in [0.15, 0.2) is 0 Å². The third kappa shape index (κ3) is 4.08. The number of hydrogen-bond acceptors (Lipinski definition) is 3. The first kappa shape index (κ1) is 14.0. The first-order chi connectivity index (χ1) is 8.54. The lowest BCUT2D eigenvalue weighted by Gasteiger charge is -2.26. The molecule has 1 aliphatic rings. The number of carbonyl (C=O) groups excluding carboxylic acids is 2. The van der Waals surface area contributed by atoms with Gasteiger partial charge < -0.3 is 20.6 Å². The van der Waals surface area contributed by atoms with Gasteiger partial charge in [0.25, 0.3) is 0 Å². The summed E-state index contributed by atoms with van der Waals surface area (Å²) in [5.74, 6) is -1.34. The lowest BCUT2D eigenvalue weighted by molar-refractivity contribution is -0.137. The van der Waals surface area contributed by atoms with Crippen LogP contribution in [0.3, 0.4) is 0 Å². The third-order valence-electron chi connectivity index (χ3n) is 2.55. The zero-order chi connectivity index (χ0) is 13.5. The van der Waals surface area contributed by atoms with Crippen molar-refractivity contribution in [2.45, 2.75) is 18.9 Å². The minimum atomic E-state index is -1.11. The molecule has 3 amide bonds. The summed E-state index contributed by atoms with van der Waals surface area (Å²) in [6.07, 6.45) is 2.78. The van der Waals surface area contributed by atoms with Crippen molar-refractivity contribution in [3.8, 4) is 0 Å². The van der Waals surface area contributed by atoms with Crippen LogP contribution < -0.4 is 10.6 Å². The number of hydrogen-bond donors (Lipinski definition) is 3. The molecule has 1 unspecified atom stereocenters. The van der Waals surface area contributed by atoms with Gasteiger partial charge in [-0.25, -0.2) is 4.79 Å². The van der Waals surface area contributed by atoms with Crippen LogP contribution in [0.5, 0.6) is 0 Å². The van der Waals surface area contributed by atoms with Gasteiger partial charge in [-0.15, -0.1) is 6.58 Å². The Kier molecular flexibility index (Phi) is 5.16. The molecule has 0 aromatic heterocycles. The van der Waals surface area contributed by atoms with E-state index in [1.165, 1.54) is 6.08 Å². The number of carboxylic acid groups (broad SMARTS) is 1. The molecule has 7 heteroatoms. The van der Waals surface area contributed by atoms with Gasteiger partial charge in [-0.1, -0.05) is 6.08 Å². The lowest BCUT2D eigenvalue weighted by atomic mass is 10.1. The number of carbonyl (C=O) groups is 3. The monoisotopic (exact) mass is 255 g/mol. The number of piperidine rings is 1. The molecule has 0 bridgehead atoms. The summed E-state index contributed by atoms with van der Waals surface area (Å²) in [5.41, 5.74) is 0. The average molecular weight is 255 g/mol. The summed E-state index contributed by atoms with van der Waals surface area (Å²) in [4.78, 5) is 34.9. The van der Waals surface area contributed by atoms with Gasteiger partial charge in [0, 0.05) is 13.1 Å². The quantitative estimate of drug-likeness (QED) is 0.579. The Morgan fingerprint density at radius 3 is 2.89 bits per heavy atom. The maximum atomic E-state index is 11.8. The number of aliphatic carboxylic acids is 1. The molecule has 1 saturated heterocycles. The number of nitrogens with one attached hydrogen (secondary N) is 2. The predicted molar refractivity (Wildman–Crippen MR) is 64.0 cm³/mol. The van der Waals surface area contributed by atoms with Crippen LogP contribution in [0, 0.1) is 0 Å². The van der Waals surface area contributed by atoms with Crippen LogP contribution >= 0.6 is 0 Å². The molecular formula is C11H17N3O4. The van der Waals surface area contributed by atoms with Gasteiger partial charge in [-0.05, 0) is 12.8 Å². The van der Waals surface area contributed by atoms with E-state index in [1.807, 2.05) is 0 Å². The van der Waals surface area contributed by atoms with Crippen molar-refractivity contribution in [2.24, 2.45) is 0 Å². The minimum Gasteiger partial charge on any atom is -0.480 e. The SMILES string of the molecule is C=CCN(CC(=O)O)C(=O)NC1CCCNC1=O. The van der Waals surface area contributed by atoms with Crippen molar-refractivity contribution in [2.75, 3.05) is 19.6 Å². The van der Waals surface area contributed by atoms with Crippen LogP contribution in [0.25, 0.3) is 0 Å². The summed E-state index contributed by atoms with van der Waals surface area (Å²) in [5, 5.41) is 13.8. The number of amides is 3. The summed E-state index contributed by atoms with van der Waals surface area (Å²) in [6, 6.07) is -1.16. The molecule has 18 heavy (non-hydrogen) atoms. The predicted octanol–water partition coefficient (Wildman–Crippen LogP) is -0.453. The van der Waals surface area contributed by atoms with Gasteiger partial charge in [0.05, 0.1) is 0 Å². The Labute approximate surface area is 105 Å². The molecule has 0 spiro atoms. The number of nitrogens with zero attached hydrogens (tertiary/aromatic N) is 1. The highest BCUT2D eigenvalue weighted by Gasteiger charge is 2.26. The number of rotatable bonds is 5. The standard InChI is InChI=1S/C11H17N3O4/c1-2-6-14(7-9(15)16)11(18)13-8-4-3-5-12-10(8)17/h2,8H,1,3-7H2,(H,12,17)(H,13,18)(H,15,16). The molecule has 0 radical (unpaired) electrons. The van der Waals surface area contributed by atoms with Crippen LogP contribution in [0.1, 0.15) is 12.8 Å². The Balaban J connectivity index is 2.56. The van der Waals surface area contributed by atoms with E-state index in [-0.39, 0.29) is 12.5 Å². The fourth-order valence-electron chi connectivity index (χ4n) is 1.69. The normalized spacial score (nSPS) is 18.7. The lowest BCUT2D eigenvalue weighted by Crippen LogP contribution is -2.54. The molecule has 1 rings (SSSR count). The van der Waals surface area contributed by atoms with Crippen molar-refractivity contribution < 1.29 is 19.5 Å². The van der Waals surface area contributed by atoms with Crippen LogP contribution in [0.15, 0.2) is 12.7 Å². The molecule has 0 aliphatic carbocycles. The third-order valence-corrected chi connectivity index (χ3v) is 2.55. The van der Waals surface area contributed by atoms with Crippen LogP contribution in [-0.4, -0.2) is 53.6 Å². The van der Waals surface area contributed by atoms with E-state index in [2.05, 4.69) is 17.2 Å². The molecule has 100 valence electrons. The van der Waals surface area contributed by atoms with Crippen molar-refractivity contribution in [1.82, 2.24) is 15.5 Å². The van der Waals surface area contributed by atoms with Gasteiger partial charge in [0.1, 0.15) is 12.6 Å². The van der Waals surface area contributed by atoms with Crippen molar-refractivity contribution in [1.29, 1.82) is 0 Å². The van der Waals surface area contributed by atoms with E-state index in [0.29, 0.717) is 13.0 Å². The summed E-state index contributed by atoms with van der Waals surface area (Å²) in [7, 11) is 0. The molecule has 1 aliphatic heterocycles. The molecule has 7 nitrogen and oxygen atoms in total. The van der Waals surface area contributed by atoms with Crippen LogP contribution in [-0.2, 0) is 9.59 Å². The minimum absolute atomic E-state index is 0.118. The fraction of sp³-hybridized carbons (Fsp3) is 0.545. The van der Waals surface area contributed by atoms with Crippen LogP contribution in [0.4, 0.5) is 4.79 Å². The molecule has 1 atom stereocenters. The summed E-state index contributed by atoms with van der Waals surface area (Å²) in [6.45, 7) is 3.76. The Bertz CT molecular complexity index is 356. The average Bonchev–Trinajstić information content (AvgIpc) is 2.31. The molecular weight excluding hydrogens is 238 g/mol. The molecule has 0 aromatic rings. The molecule has 1 fully saturated rings. The van der Waals surface area contributed by atoms with E-state index in [0.717, 1.165) is 11.3 Å². The second-order valence-corrected chi connectivity index (χ2v) is 4.00. The van der Waals surface area contributed by atoms with E-state index in [1.54, 1.807) is 0 Å². The Morgan fingerprint density at radius 2 is 2.33 bits per heavy atom. The number of urea groups is 1. The highest BCUT2D eigenvalue weighted by atomic mass is 16.4. The second-order valence-electron chi connectivity index (χ2n) is 4.00. The fourth-order valence-corrected chi connectivity index (χ4v) is 1.69. The first-order valence-corrected chi connectivity index (χ1v) is 5.70. The molecule has 1 heterocycles. The zero-order valence-electron chi connectivity index (χ0n) is 10.0. The molecule has 0 saturated carbocycles. The van der Waals surface area contributed by atoms with Crippen molar-refractivity contribution in [3.05, 3.63) is 12.7 Å². The Morgan fingerprint density at radius 1 is 1.61 bits per heavy atom. The van der Waals surface area contributed by atoms with E-state index in [4.69, 9.17) is 5.11 Å². The zero-order valence-corrected chi connectivity index (χ0v) is 10.0. The number of carboxylic acids is 1. The largest absolute Gasteiger partial charge is 0.480 e. The summed E-state index contributed by atoms with van der Waals surface area (Å²) >= 11 is 0. The molecule has 0 aromatic carbocycles. The van der Waals surface area contributed by atoms with Gasteiger partial charge >= 0.3 is 12.0 Å². The van der Waals surface area contributed by atoms with Gasteiger partial charge in [-0.3, -0.25) is 9.59 Å². The maximum Gasteiger partial charge on any atom is 0.323 e. The smallest absolute Gasteiger partial charge is 0.323 e. The highest BCUT2D eigenvalue weighted by Crippen LogP contribution is 2.04. The van der Waals surface area contributed by atoms with Crippen molar-refractivity contribution >= 4 is 17.9 Å². The van der Waals surface area contributed by atoms with E-state index >= 15 is 0 Å². The molecule has 3 N–H and O–H groups in total. The van der Waals surface area contributed by atoms with Gasteiger partial charge in [-0.2, -0.15) is 0 Å². The highest BCUT2D eigenvalue weighted by molar-refractivity contribution is 5.88. The van der Waals surface area contributed by atoms with Crippen molar-refractivity contribution in [3.63, 3.8) is 0 Å². The second kappa shape index (κ2) is 6.63. The van der Waals surface area contributed by atoms with Gasteiger partial charge in [0.2, 0.25) is 5.91 Å². The first-order valence-electron chi connectivity index (χ1n) is 5.70. The van der Waals surface area contributed by atoms with E-state index in [9.17, 15) is 14.4 Å². The maximum absolute atomic E-state index is 11.8. The van der Waals surface area contributed by atoms with E-state index < -0.39 is 24.6 Å². The Hall–Kier alpha value is -2.05. The summed E-state index contributed by atoms with van der Waals surface area (Å²) < 4.78 is 0.